The molecule has 3 heterocycles. The monoisotopic (exact) mass is 340 g/mol. The highest BCUT2D eigenvalue weighted by Gasteiger charge is 2.45. The Kier molecular flexibility index (Phi) is 4.18. The molecule has 0 aromatic heterocycles. The van der Waals surface area contributed by atoms with Gasteiger partial charge >= 0.3 is 0 Å². The van der Waals surface area contributed by atoms with Crippen molar-refractivity contribution in [2.24, 2.45) is 11.3 Å². The second kappa shape index (κ2) is 6.12. The normalized spacial score (nSPS) is 29.6. The number of nitrogens with zero attached hydrogens (tertiary/aromatic N) is 2. The number of benzene rings is 1. The molecule has 0 saturated carbocycles. The largest absolute Gasteiger partial charge is 0.339 e. The number of hydrogen-bond acceptors (Lipinski definition) is 2. The van der Waals surface area contributed by atoms with Gasteiger partial charge in [0.25, 0.3) is 0 Å². The minimum Gasteiger partial charge on any atom is -0.339 e. The number of fused-ring (bicyclic) bond motifs is 4. The predicted octanol–water partition coefficient (Wildman–Crippen LogP) is 3.95. The molecule has 2 saturated heterocycles. The Hall–Kier alpha value is -1.35. The predicted molar refractivity (Wildman–Crippen MR) is 101 cm³/mol. The molecule has 1 aromatic rings. The van der Waals surface area contributed by atoms with Crippen molar-refractivity contribution in [1.82, 2.24) is 9.80 Å². The van der Waals surface area contributed by atoms with Crippen LogP contribution in [0.1, 0.15) is 62.8 Å². The van der Waals surface area contributed by atoms with E-state index in [2.05, 4.69) is 55.7 Å². The molecule has 136 valence electrons. The average molecular weight is 341 g/mol. The maximum atomic E-state index is 13.0. The van der Waals surface area contributed by atoms with E-state index in [1.807, 2.05) is 0 Å². The fraction of sp³-hybridized carbons (Fsp3) is 0.682. The molecule has 1 aromatic carbocycles. The van der Waals surface area contributed by atoms with Gasteiger partial charge in [-0.05, 0) is 49.7 Å². The lowest BCUT2D eigenvalue weighted by molar-refractivity contribution is -0.148. The summed E-state index contributed by atoms with van der Waals surface area (Å²) in [5.74, 6) is 0.999. The molecule has 0 N–H and O–H groups in total. The first-order valence-electron chi connectivity index (χ1n) is 9.99. The summed E-state index contributed by atoms with van der Waals surface area (Å²) in [7, 11) is 0. The number of carbonyl (C=O) groups is 1. The zero-order valence-electron chi connectivity index (χ0n) is 16.2. The van der Waals surface area contributed by atoms with Crippen LogP contribution in [0.2, 0.25) is 0 Å². The van der Waals surface area contributed by atoms with Crippen LogP contribution in [0.15, 0.2) is 18.2 Å². The first kappa shape index (κ1) is 17.1. The van der Waals surface area contributed by atoms with Crippen LogP contribution in [-0.2, 0) is 11.2 Å². The van der Waals surface area contributed by atoms with Gasteiger partial charge in [-0.15, -0.1) is 0 Å². The quantitative estimate of drug-likeness (QED) is 0.714. The molecule has 0 radical (unpaired) electrons. The van der Waals surface area contributed by atoms with Crippen molar-refractivity contribution < 1.29 is 4.79 Å². The SMILES string of the molecule is Cc1ccc2c(c1)C1CC3C(CCCN3C(=O)C(C)(C)C)CN1CC2. The van der Waals surface area contributed by atoms with Crippen LogP contribution < -0.4 is 0 Å². The summed E-state index contributed by atoms with van der Waals surface area (Å²) >= 11 is 0. The third-order valence-corrected chi connectivity index (χ3v) is 6.52. The number of rotatable bonds is 0. The van der Waals surface area contributed by atoms with E-state index >= 15 is 0 Å². The molecule has 25 heavy (non-hydrogen) atoms. The van der Waals surface area contributed by atoms with E-state index in [-0.39, 0.29) is 5.41 Å². The molecule has 3 heteroatoms. The second-order valence-electron chi connectivity index (χ2n) is 9.42. The lowest BCUT2D eigenvalue weighted by atomic mass is 9.75. The summed E-state index contributed by atoms with van der Waals surface area (Å²) in [5.41, 5.74) is 4.13. The summed E-state index contributed by atoms with van der Waals surface area (Å²) in [5, 5.41) is 0. The third kappa shape index (κ3) is 3.01. The number of likely N-dealkylation sites (tertiary alicyclic amines) is 1. The Balaban J connectivity index is 1.64. The minimum absolute atomic E-state index is 0.278. The molecule has 3 nitrogen and oxygen atoms in total. The first-order valence-corrected chi connectivity index (χ1v) is 9.99. The van der Waals surface area contributed by atoms with Crippen molar-refractivity contribution >= 4 is 5.91 Å². The Morgan fingerprint density at radius 3 is 2.76 bits per heavy atom. The summed E-state index contributed by atoms with van der Waals surface area (Å²) in [6.45, 7) is 11.7. The number of amides is 1. The van der Waals surface area contributed by atoms with E-state index in [0.29, 0.717) is 23.9 Å². The molecule has 0 aliphatic carbocycles. The third-order valence-electron chi connectivity index (χ3n) is 6.52. The number of piperidine rings is 2. The summed E-state index contributed by atoms with van der Waals surface area (Å²) in [6, 6.07) is 7.89. The molecule has 3 aliphatic heterocycles. The van der Waals surface area contributed by atoms with E-state index in [4.69, 9.17) is 0 Å². The number of carbonyl (C=O) groups excluding carboxylic acids is 1. The highest BCUT2D eigenvalue weighted by molar-refractivity contribution is 5.82. The molecule has 3 unspecified atom stereocenters. The van der Waals surface area contributed by atoms with Gasteiger partial charge in [0.05, 0.1) is 0 Å². The molecular weight excluding hydrogens is 308 g/mol. The minimum atomic E-state index is -0.278. The molecule has 1 amide bonds. The molecule has 4 rings (SSSR count). The van der Waals surface area contributed by atoms with E-state index in [1.54, 1.807) is 0 Å². The van der Waals surface area contributed by atoms with E-state index < -0.39 is 0 Å². The molecule has 0 spiro atoms. The molecule has 3 atom stereocenters. The summed E-state index contributed by atoms with van der Waals surface area (Å²) in [6.07, 6.45) is 4.73. The van der Waals surface area contributed by atoms with Crippen LogP contribution in [0, 0.1) is 18.3 Å². The van der Waals surface area contributed by atoms with Gasteiger partial charge in [0, 0.05) is 37.1 Å². The second-order valence-corrected chi connectivity index (χ2v) is 9.42. The molecule has 3 aliphatic rings. The van der Waals surface area contributed by atoms with E-state index in [0.717, 1.165) is 25.9 Å². The van der Waals surface area contributed by atoms with Gasteiger partial charge in [-0.2, -0.15) is 0 Å². The topological polar surface area (TPSA) is 23.6 Å². The maximum Gasteiger partial charge on any atom is 0.228 e. The highest BCUT2D eigenvalue weighted by atomic mass is 16.2. The van der Waals surface area contributed by atoms with Crippen molar-refractivity contribution in [1.29, 1.82) is 0 Å². The highest BCUT2D eigenvalue weighted by Crippen LogP contribution is 2.43. The van der Waals surface area contributed by atoms with Crippen molar-refractivity contribution in [3.63, 3.8) is 0 Å². The van der Waals surface area contributed by atoms with Crippen LogP contribution in [0.4, 0.5) is 0 Å². The van der Waals surface area contributed by atoms with Crippen molar-refractivity contribution in [3.8, 4) is 0 Å². The Morgan fingerprint density at radius 1 is 1.20 bits per heavy atom. The van der Waals surface area contributed by atoms with Crippen LogP contribution in [0.5, 0.6) is 0 Å². The number of hydrogen-bond donors (Lipinski definition) is 0. The zero-order chi connectivity index (χ0) is 17.8. The van der Waals surface area contributed by atoms with Crippen molar-refractivity contribution in [2.45, 2.75) is 65.5 Å². The molecule has 2 fully saturated rings. The van der Waals surface area contributed by atoms with Gasteiger partial charge in [0.1, 0.15) is 0 Å². The fourth-order valence-corrected chi connectivity index (χ4v) is 5.25. The van der Waals surface area contributed by atoms with E-state index in [1.165, 1.54) is 36.1 Å². The standard InChI is InChI=1S/C22H32N2O/c1-15-7-8-16-9-11-23-14-17-6-5-10-24(21(25)22(2,3)4)19(17)13-20(23)18(16)12-15/h7-8,12,17,19-20H,5-6,9-11,13-14H2,1-4H3. The Labute approximate surface area is 152 Å². The Bertz CT molecular complexity index is 675. The number of aryl methyl sites for hydroxylation is 1. The van der Waals surface area contributed by atoms with Gasteiger partial charge in [-0.3, -0.25) is 9.69 Å². The lowest BCUT2D eigenvalue weighted by Crippen LogP contribution is -2.59. The Morgan fingerprint density at radius 2 is 2.00 bits per heavy atom. The first-order chi connectivity index (χ1) is 11.8. The summed E-state index contributed by atoms with van der Waals surface area (Å²) < 4.78 is 0. The van der Waals surface area contributed by atoms with E-state index in [9.17, 15) is 4.79 Å². The molecular formula is C22H32N2O. The van der Waals surface area contributed by atoms with Gasteiger partial charge in [0.15, 0.2) is 0 Å². The average Bonchev–Trinajstić information content (AvgIpc) is 2.58. The van der Waals surface area contributed by atoms with Gasteiger partial charge in [-0.1, -0.05) is 44.5 Å². The fourth-order valence-electron chi connectivity index (χ4n) is 5.25. The summed E-state index contributed by atoms with van der Waals surface area (Å²) in [4.78, 5) is 18.0. The van der Waals surface area contributed by atoms with Gasteiger partial charge < -0.3 is 4.90 Å². The van der Waals surface area contributed by atoms with Crippen LogP contribution >= 0.6 is 0 Å². The molecule has 0 bridgehead atoms. The lowest BCUT2D eigenvalue weighted by Gasteiger charge is -2.53. The van der Waals surface area contributed by atoms with Crippen molar-refractivity contribution in [3.05, 3.63) is 34.9 Å². The van der Waals surface area contributed by atoms with Crippen LogP contribution in [0.3, 0.4) is 0 Å². The maximum absolute atomic E-state index is 13.0. The zero-order valence-corrected chi connectivity index (χ0v) is 16.2. The van der Waals surface area contributed by atoms with Crippen LogP contribution in [-0.4, -0.2) is 41.4 Å². The van der Waals surface area contributed by atoms with Crippen LogP contribution in [0.25, 0.3) is 0 Å². The van der Waals surface area contributed by atoms with Gasteiger partial charge in [0.2, 0.25) is 5.91 Å². The van der Waals surface area contributed by atoms with Crippen molar-refractivity contribution in [2.75, 3.05) is 19.6 Å². The smallest absolute Gasteiger partial charge is 0.228 e. The van der Waals surface area contributed by atoms with Gasteiger partial charge in [-0.25, -0.2) is 0 Å².